The first-order chi connectivity index (χ1) is 7.25. The lowest BCUT2D eigenvalue weighted by atomic mass is 10.2. The Kier molecular flexibility index (Phi) is 5.25. The van der Waals surface area contributed by atoms with Crippen LogP contribution in [0.5, 0.6) is 0 Å². The number of rotatable bonds is 5. The SMILES string of the molecule is Cl.NC(CNC(=O)Cc1cccs1)C1CC1. The monoisotopic (exact) mass is 260 g/mol. The number of thiophene rings is 1. The van der Waals surface area contributed by atoms with Gasteiger partial charge in [0.25, 0.3) is 0 Å². The van der Waals surface area contributed by atoms with Crippen molar-refractivity contribution < 1.29 is 4.79 Å². The second-order valence-corrected chi connectivity index (χ2v) is 5.09. The van der Waals surface area contributed by atoms with Gasteiger partial charge < -0.3 is 11.1 Å². The molecule has 0 aromatic carbocycles. The number of halogens is 1. The van der Waals surface area contributed by atoms with Gasteiger partial charge in [-0.2, -0.15) is 0 Å². The van der Waals surface area contributed by atoms with Crippen molar-refractivity contribution in [3.8, 4) is 0 Å². The summed E-state index contributed by atoms with van der Waals surface area (Å²) < 4.78 is 0. The maximum absolute atomic E-state index is 11.5. The molecule has 0 aliphatic heterocycles. The minimum absolute atomic E-state index is 0. The summed E-state index contributed by atoms with van der Waals surface area (Å²) in [6.45, 7) is 0.620. The highest BCUT2D eigenvalue weighted by Crippen LogP contribution is 2.31. The Bertz CT molecular complexity index is 325. The summed E-state index contributed by atoms with van der Waals surface area (Å²) in [5, 5.41) is 4.87. The average Bonchev–Trinajstić information content (AvgIpc) is 2.95. The van der Waals surface area contributed by atoms with Crippen molar-refractivity contribution in [2.45, 2.75) is 25.3 Å². The minimum Gasteiger partial charge on any atom is -0.354 e. The van der Waals surface area contributed by atoms with E-state index in [1.165, 1.54) is 12.8 Å². The van der Waals surface area contributed by atoms with Crippen LogP contribution in [0.3, 0.4) is 0 Å². The highest BCUT2D eigenvalue weighted by Gasteiger charge is 2.28. The summed E-state index contributed by atoms with van der Waals surface area (Å²) in [6, 6.07) is 4.09. The second-order valence-electron chi connectivity index (χ2n) is 4.06. The van der Waals surface area contributed by atoms with Gasteiger partial charge in [0.05, 0.1) is 6.42 Å². The van der Waals surface area contributed by atoms with E-state index in [0.717, 1.165) is 4.88 Å². The Morgan fingerprint density at radius 3 is 2.94 bits per heavy atom. The zero-order valence-electron chi connectivity index (χ0n) is 9.02. The largest absolute Gasteiger partial charge is 0.354 e. The van der Waals surface area contributed by atoms with E-state index in [-0.39, 0.29) is 24.4 Å². The average molecular weight is 261 g/mol. The molecule has 1 saturated carbocycles. The van der Waals surface area contributed by atoms with E-state index in [1.54, 1.807) is 11.3 Å². The summed E-state index contributed by atoms with van der Waals surface area (Å²) in [7, 11) is 0. The fourth-order valence-corrected chi connectivity index (χ4v) is 2.26. The second kappa shape index (κ2) is 6.23. The van der Waals surface area contributed by atoms with Gasteiger partial charge >= 0.3 is 0 Å². The van der Waals surface area contributed by atoms with Crippen molar-refractivity contribution in [2.75, 3.05) is 6.54 Å². The third-order valence-electron chi connectivity index (χ3n) is 2.68. The topological polar surface area (TPSA) is 55.1 Å². The van der Waals surface area contributed by atoms with Crippen LogP contribution in [-0.4, -0.2) is 18.5 Å². The third-order valence-corrected chi connectivity index (χ3v) is 3.55. The molecule has 1 aromatic rings. The summed E-state index contributed by atoms with van der Waals surface area (Å²) >= 11 is 1.61. The van der Waals surface area contributed by atoms with Crippen LogP contribution >= 0.6 is 23.7 Å². The molecule has 3 N–H and O–H groups in total. The normalized spacial score (nSPS) is 16.3. The number of amides is 1. The van der Waals surface area contributed by atoms with Crippen molar-refractivity contribution in [2.24, 2.45) is 11.7 Å². The summed E-state index contributed by atoms with van der Waals surface area (Å²) in [5.41, 5.74) is 5.89. The molecule has 1 atom stereocenters. The van der Waals surface area contributed by atoms with Crippen molar-refractivity contribution >= 4 is 29.7 Å². The van der Waals surface area contributed by atoms with E-state index in [0.29, 0.717) is 18.9 Å². The first kappa shape index (κ1) is 13.5. The van der Waals surface area contributed by atoms with Crippen LogP contribution in [0.15, 0.2) is 17.5 Å². The fraction of sp³-hybridized carbons (Fsp3) is 0.545. The number of carbonyl (C=O) groups excluding carboxylic acids is 1. The molecule has 1 fully saturated rings. The first-order valence-electron chi connectivity index (χ1n) is 5.30. The van der Waals surface area contributed by atoms with Gasteiger partial charge in [-0.25, -0.2) is 0 Å². The zero-order valence-corrected chi connectivity index (χ0v) is 10.7. The molecule has 0 spiro atoms. The van der Waals surface area contributed by atoms with E-state index in [9.17, 15) is 4.79 Å². The smallest absolute Gasteiger partial charge is 0.225 e. The van der Waals surface area contributed by atoms with Crippen molar-refractivity contribution in [3.63, 3.8) is 0 Å². The van der Waals surface area contributed by atoms with Crippen molar-refractivity contribution in [3.05, 3.63) is 22.4 Å². The van der Waals surface area contributed by atoms with Gasteiger partial charge in [0, 0.05) is 17.5 Å². The maximum atomic E-state index is 11.5. The molecule has 90 valence electrons. The maximum Gasteiger partial charge on any atom is 0.225 e. The molecule has 0 saturated heterocycles. The summed E-state index contributed by atoms with van der Waals surface area (Å²) in [5.74, 6) is 0.723. The van der Waals surface area contributed by atoms with Gasteiger partial charge in [0.15, 0.2) is 0 Å². The van der Waals surface area contributed by atoms with Crippen LogP contribution < -0.4 is 11.1 Å². The lowest BCUT2D eigenvalue weighted by molar-refractivity contribution is -0.120. The van der Waals surface area contributed by atoms with Crippen LogP contribution in [0, 0.1) is 5.92 Å². The molecule has 1 aliphatic carbocycles. The predicted octanol–water partition coefficient (Wildman–Crippen LogP) is 1.57. The number of carbonyl (C=O) groups is 1. The number of hydrogen-bond donors (Lipinski definition) is 2. The molecule has 0 bridgehead atoms. The molecule has 0 radical (unpaired) electrons. The first-order valence-corrected chi connectivity index (χ1v) is 6.18. The molecule has 3 nitrogen and oxygen atoms in total. The number of hydrogen-bond acceptors (Lipinski definition) is 3. The molecule has 1 heterocycles. The molecular weight excluding hydrogens is 244 g/mol. The quantitative estimate of drug-likeness (QED) is 0.844. The molecule has 5 heteroatoms. The van der Waals surface area contributed by atoms with Crippen molar-refractivity contribution in [1.82, 2.24) is 5.32 Å². The van der Waals surface area contributed by atoms with Gasteiger partial charge in [0.1, 0.15) is 0 Å². The number of nitrogens with two attached hydrogens (primary N) is 1. The Morgan fingerprint density at radius 2 is 2.38 bits per heavy atom. The van der Waals surface area contributed by atoms with Crippen LogP contribution in [0.1, 0.15) is 17.7 Å². The molecule has 16 heavy (non-hydrogen) atoms. The zero-order chi connectivity index (χ0) is 10.7. The van der Waals surface area contributed by atoms with Crippen molar-refractivity contribution in [1.29, 1.82) is 0 Å². The highest BCUT2D eigenvalue weighted by atomic mass is 35.5. The Hall–Kier alpha value is -0.580. The number of nitrogens with one attached hydrogen (secondary N) is 1. The van der Waals surface area contributed by atoms with Gasteiger partial charge in [-0.3, -0.25) is 4.79 Å². The highest BCUT2D eigenvalue weighted by molar-refractivity contribution is 7.10. The summed E-state index contributed by atoms with van der Waals surface area (Å²) in [6.07, 6.45) is 2.93. The minimum atomic E-state index is 0. The standard InChI is InChI=1S/C11H16N2OS.ClH/c12-10(8-3-4-8)7-13-11(14)6-9-2-1-5-15-9;/h1-2,5,8,10H,3-4,6-7,12H2,(H,13,14);1H. The summed E-state index contributed by atoms with van der Waals surface area (Å²) in [4.78, 5) is 12.6. The third kappa shape index (κ3) is 4.12. The molecule has 1 amide bonds. The van der Waals surface area contributed by atoms with E-state index >= 15 is 0 Å². The van der Waals surface area contributed by atoms with Gasteiger partial charge in [0.2, 0.25) is 5.91 Å². The van der Waals surface area contributed by atoms with Crippen LogP contribution in [-0.2, 0) is 11.2 Å². The molecule has 1 unspecified atom stereocenters. The van der Waals surface area contributed by atoms with Gasteiger partial charge in [-0.05, 0) is 30.2 Å². The fourth-order valence-electron chi connectivity index (χ4n) is 1.56. The predicted molar refractivity (Wildman–Crippen MR) is 69.0 cm³/mol. The lowest BCUT2D eigenvalue weighted by Crippen LogP contribution is -2.39. The Balaban J connectivity index is 0.00000128. The molecular formula is C11H17ClN2OS. The molecule has 1 aliphatic rings. The Labute approximate surface area is 106 Å². The van der Waals surface area contributed by atoms with Crippen LogP contribution in [0.2, 0.25) is 0 Å². The van der Waals surface area contributed by atoms with E-state index < -0.39 is 0 Å². The van der Waals surface area contributed by atoms with E-state index in [1.807, 2.05) is 17.5 Å². The Morgan fingerprint density at radius 1 is 1.62 bits per heavy atom. The van der Waals surface area contributed by atoms with Gasteiger partial charge in [-0.15, -0.1) is 23.7 Å². The molecule has 1 aromatic heterocycles. The lowest BCUT2D eigenvalue weighted by Gasteiger charge is -2.10. The van der Waals surface area contributed by atoms with Gasteiger partial charge in [-0.1, -0.05) is 6.07 Å². The van der Waals surface area contributed by atoms with E-state index in [2.05, 4.69) is 5.32 Å². The van der Waals surface area contributed by atoms with E-state index in [4.69, 9.17) is 5.73 Å². The van der Waals surface area contributed by atoms with Crippen LogP contribution in [0.4, 0.5) is 0 Å². The molecule has 2 rings (SSSR count). The van der Waals surface area contributed by atoms with Crippen LogP contribution in [0.25, 0.3) is 0 Å².